The van der Waals surface area contributed by atoms with Crippen molar-refractivity contribution in [2.75, 3.05) is 36.0 Å². The van der Waals surface area contributed by atoms with Crippen LogP contribution in [0, 0.1) is 5.82 Å². The van der Waals surface area contributed by atoms with E-state index in [2.05, 4.69) is 30.4 Å². The Morgan fingerprint density at radius 1 is 0.792 bits per heavy atom. The van der Waals surface area contributed by atoms with Gasteiger partial charge in [0.2, 0.25) is 0 Å². The molecule has 0 amide bonds. The first kappa shape index (κ1) is 31.5. The summed E-state index contributed by atoms with van der Waals surface area (Å²) in [6, 6.07) is 16.0. The molecule has 1 fully saturated rings. The molecule has 10 nitrogen and oxygen atoms in total. The lowest BCUT2D eigenvalue weighted by Crippen LogP contribution is -2.49. The fourth-order valence-corrected chi connectivity index (χ4v) is 6.14. The number of piperazine rings is 1. The van der Waals surface area contributed by atoms with Crippen molar-refractivity contribution in [3.05, 3.63) is 102 Å². The van der Waals surface area contributed by atoms with Crippen LogP contribution in [0.5, 0.6) is 0 Å². The van der Waals surface area contributed by atoms with Crippen LogP contribution in [-0.2, 0) is 18.1 Å². The summed E-state index contributed by atoms with van der Waals surface area (Å²) in [5.74, 6) is -4.55. The second-order valence-electron chi connectivity index (χ2n) is 11.6. The molecule has 0 radical (unpaired) electrons. The number of aliphatic hydroxyl groups is 2. The normalized spacial score (nSPS) is 18.8. The molecule has 0 saturated carbocycles. The first-order chi connectivity index (χ1) is 22.8. The maximum Gasteiger partial charge on any atom is 0.420 e. The number of fused-ring (bicyclic) bond motifs is 3. The van der Waals surface area contributed by atoms with Crippen LogP contribution in [0.25, 0.3) is 22.5 Å². The van der Waals surface area contributed by atoms with E-state index in [9.17, 15) is 27.8 Å². The average molecular weight is 669 g/mol. The molecule has 2 aliphatic rings. The molecule has 5 heterocycles. The van der Waals surface area contributed by atoms with Gasteiger partial charge < -0.3 is 20.0 Å². The number of anilines is 2. The van der Waals surface area contributed by atoms with Crippen molar-refractivity contribution in [3.8, 4) is 22.5 Å². The van der Waals surface area contributed by atoms with Gasteiger partial charge in [-0.05, 0) is 58.5 Å². The van der Waals surface area contributed by atoms with E-state index < -0.39 is 47.6 Å². The lowest BCUT2D eigenvalue weighted by atomic mass is 9.80. The molecule has 0 aliphatic carbocycles. The average Bonchev–Trinajstić information content (AvgIpc) is 3.56. The van der Waals surface area contributed by atoms with Gasteiger partial charge in [-0.15, -0.1) is 5.10 Å². The van der Waals surface area contributed by atoms with E-state index in [1.807, 2.05) is 29.2 Å². The molecule has 1 unspecified atom stereocenters. The van der Waals surface area contributed by atoms with Gasteiger partial charge in [0.05, 0.1) is 12.2 Å². The van der Waals surface area contributed by atoms with Crippen molar-refractivity contribution in [3.63, 3.8) is 0 Å². The van der Waals surface area contributed by atoms with E-state index in [1.165, 1.54) is 24.5 Å². The van der Waals surface area contributed by atoms with Crippen LogP contribution in [0.3, 0.4) is 0 Å². The van der Waals surface area contributed by atoms with Crippen molar-refractivity contribution in [2.45, 2.75) is 30.3 Å². The summed E-state index contributed by atoms with van der Waals surface area (Å²) in [7, 11) is 0. The minimum atomic E-state index is -4.81. The van der Waals surface area contributed by atoms with Crippen molar-refractivity contribution in [1.29, 1.82) is 0 Å². The lowest BCUT2D eigenvalue weighted by molar-refractivity contribution is -0.207. The first-order valence-corrected chi connectivity index (χ1v) is 14.8. The third-order valence-electron chi connectivity index (χ3n) is 8.75. The van der Waals surface area contributed by atoms with Crippen LogP contribution >= 0.6 is 0 Å². The Hall–Kier alpha value is -5.09. The number of hydrogen-bond acceptors (Lipinski definition) is 9. The van der Waals surface area contributed by atoms with Gasteiger partial charge in [-0.3, -0.25) is 9.97 Å². The zero-order valence-electron chi connectivity index (χ0n) is 24.9. The Labute approximate surface area is 268 Å². The smallest absolute Gasteiger partial charge is 0.378 e. The number of aromatic nitrogens is 6. The molecule has 16 heteroatoms. The van der Waals surface area contributed by atoms with E-state index in [4.69, 9.17) is 0 Å². The minimum Gasteiger partial charge on any atom is -0.378 e. The molecule has 2 aliphatic heterocycles. The van der Waals surface area contributed by atoms with E-state index in [0.29, 0.717) is 43.0 Å². The summed E-state index contributed by atoms with van der Waals surface area (Å²) in [4.78, 5) is 11.7. The highest BCUT2D eigenvalue weighted by Gasteiger charge is 2.59. The number of nitrogens with zero attached hydrogens (tertiary/aromatic N) is 8. The molecule has 0 spiro atoms. The number of halogens is 6. The van der Waals surface area contributed by atoms with Gasteiger partial charge in [-0.1, -0.05) is 24.3 Å². The molecule has 3 aromatic heterocycles. The Morgan fingerprint density at radius 3 is 2.15 bits per heavy atom. The van der Waals surface area contributed by atoms with Crippen LogP contribution in [0.4, 0.5) is 37.7 Å². The molecule has 2 N–H and O–H groups in total. The van der Waals surface area contributed by atoms with Crippen LogP contribution in [0.1, 0.15) is 23.1 Å². The number of alkyl halides is 5. The Bertz CT molecular complexity index is 1950. The van der Waals surface area contributed by atoms with Crippen molar-refractivity contribution < 1.29 is 36.6 Å². The fourth-order valence-electron chi connectivity index (χ4n) is 6.14. The van der Waals surface area contributed by atoms with Crippen molar-refractivity contribution >= 4 is 11.4 Å². The Morgan fingerprint density at radius 2 is 1.48 bits per heavy atom. The van der Waals surface area contributed by atoms with Crippen molar-refractivity contribution in [2.24, 2.45) is 0 Å². The maximum absolute atomic E-state index is 16.1. The van der Waals surface area contributed by atoms with E-state index in [1.54, 1.807) is 6.07 Å². The molecule has 5 aromatic rings. The summed E-state index contributed by atoms with van der Waals surface area (Å²) in [5.41, 5.74) is -1.53. The predicted octanol–water partition coefficient (Wildman–Crippen LogP) is 4.85. The maximum atomic E-state index is 16.1. The number of aliphatic hydroxyl groups excluding tert-OH is 1. The summed E-state index contributed by atoms with van der Waals surface area (Å²) in [6.45, 7) is 1.52. The van der Waals surface area contributed by atoms with Gasteiger partial charge >= 0.3 is 12.1 Å². The van der Waals surface area contributed by atoms with Gasteiger partial charge in [-0.2, -0.15) is 22.0 Å². The second-order valence-corrected chi connectivity index (χ2v) is 11.6. The predicted molar refractivity (Wildman–Crippen MR) is 160 cm³/mol. The van der Waals surface area contributed by atoms with E-state index in [-0.39, 0.29) is 17.0 Å². The Kier molecular flexibility index (Phi) is 7.58. The number of benzene rings is 2. The van der Waals surface area contributed by atoms with Gasteiger partial charge in [0.1, 0.15) is 11.5 Å². The van der Waals surface area contributed by atoms with Gasteiger partial charge in [0.25, 0.3) is 0 Å². The first-order valence-electron chi connectivity index (χ1n) is 14.8. The molecule has 2 atom stereocenters. The van der Waals surface area contributed by atoms with E-state index >= 15 is 8.78 Å². The summed E-state index contributed by atoms with van der Waals surface area (Å²) >= 11 is 0. The highest BCUT2D eigenvalue weighted by atomic mass is 19.4. The highest BCUT2D eigenvalue weighted by molar-refractivity contribution is 5.67. The van der Waals surface area contributed by atoms with E-state index in [0.717, 1.165) is 34.6 Å². The molecule has 2 aromatic carbocycles. The summed E-state index contributed by atoms with van der Waals surface area (Å²) in [6.07, 6.45) is -4.93. The number of pyridine rings is 2. The number of hydrogen-bond donors (Lipinski definition) is 2. The topological polar surface area (TPSA) is 116 Å². The van der Waals surface area contributed by atoms with Gasteiger partial charge in [-0.25, -0.2) is 9.07 Å². The molecule has 248 valence electrons. The second kappa shape index (κ2) is 11.6. The zero-order valence-corrected chi connectivity index (χ0v) is 24.9. The molecule has 7 rings (SSSR count). The molecule has 0 bridgehead atoms. The minimum absolute atomic E-state index is 0.0428. The summed E-state index contributed by atoms with van der Waals surface area (Å²) in [5, 5.41) is 32.0. The lowest BCUT2D eigenvalue weighted by Gasteiger charge is -2.39. The van der Waals surface area contributed by atoms with Gasteiger partial charge in [0, 0.05) is 66.6 Å². The zero-order chi connectivity index (χ0) is 33.8. The Balaban J connectivity index is 1.04. The quantitative estimate of drug-likeness (QED) is 0.245. The third-order valence-corrected chi connectivity index (χ3v) is 8.75. The number of tetrazole rings is 1. The SMILES string of the molecule is OC(c1cc(N2CCN(c3ccc(-c4ccc(C(F)(F)[C@]5(O)Cn6nnnc6-c6cc(F)ccc65)nc4)cc3)CC2)ccn1)C(F)(F)F. The fraction of sp³-hybridized carbons (Fsp3) is 0.281. The standard InChI is InChI=1S/C32H26F6N8O2/c33-21-4-7-25-24(15-21)29-41-42-43-46(29)18-30(25,48)31(34,35)27-8-3-20(17-40-27)19-1-5-22(6-2-19)44-11-13-45(14-12-44)23-9-10-39-26(16-23)28(47)32(36,37)38/h1-10,15-17,28,47-48H,11-14,18H2/t28?,30-/m0/s1. The third kappa shape index (κ3) is 5.39. The molecular formula is C32H26F6N8O2. The molecule has 1 saturated heterocycles. The molecular weight excluding hydrogens is 642 g/mol. The monoisotopic (exact) mass is 668 g/mol. The number of rotatable bonds is 6. The molecule has 48 heavy (non-hydrogen) atoms. The van der Waals surface area contributed by atoms with Crippen LogP contribution < -0.4 is 9.80 Å². The van der Waals surface area contributed by atoms with Gasteiger partial charge in [0.15, 0.2) is 17.5 Å². The van der Waals surface area contributed by atoms with Crippen molar-refractivity contribution in [1.82, 2.24) is 30.2 Å². The van der Waals surface area contributed by atoms with Crippen LogP contribution in [-0.4, -0.2) is 72.7 Å². The van der Waals surface area contributed by atoms with Crippen LogP contribution in [0.15, 0.2) is 79.1 Å². The summed E-state index contributed by atoms with van der Waals surface area (Å²) < 4.78 is 86.1. The van der Waals surface area contributed by atoms with Crippen LogP contribution in [0.2, 0.25) is 0 Å². The highest BCUT2D eigenvalue weighted by Crippen LogP contribution is 2.50. The largest absolute Gasteiger partial charge is 0.420 e.